The van der Waals surface area contributed by atoms with Crippen molar-refractivity contribution in [3.63, 3.8) is 0 Å². The smallest absolute Gasteiger partial charge is 0.341 e. The second kappa shape index (κ2) is 6.88. The van der Waals surface area contributed by atoms with Crippen molar-refractivity contribution < 1.29 is 27.4 Å². The van der Waals surface area contributed by atoms with Crippen LogP contribution < -0.4 is 9.46 Å². The standard InChI is InChI=1S/C16H16FNO5S/c1-10-3-5-13(17)14(7-10)18-24(21,22)12-4-6-15(11(2)8-12)23-9-16(19)20/h3-8,18H,9H2,1-2H3,(H,19,20). The van der Waals surface area contributed by atoms with E-state index in [2.05, 4.69) is 4.72 Å². The van der Waals surface area contributed by atoms with E-state index in [0.717, 1.165) is 0 Å². The molecular weight excluding hydrogens is 337 g/mol. The Morgan fingerprint density at radius 2 is 1.92 bits per heavy atom. The van der Waals surface area contributed by atoms with Crippen molar-refractivity contribution in [2.45, 2.75) is 18.7 Å². The fourth-order valence-corrected chi connectivity index (χ4v) is 3.15. The van der Waals surface area contributed by atoms with Crippen molar-refractivity contribution in [1.82, 2.24) is 0 Å². The van der Waals surface area contributed by atoms with E-state index in [1.165, 1.54) is 36.4 Å². The van der Waals surface area contributed by atoms with Gasteiger partial charge in [0, 0.05) is 0 Å². The first-order valence-corrected chi connectivity index (χ1v) is 8.41. The summed E-state index contributed by atoms with van der Waals surface area (Å²) in [6.45, 7) is 2.78. The molecule has 0 fully saturated rings. The van der Waals surface area contributed by atoms with Crippen LogP contribution in [-0.4, -0.2) is 26.1 Å². The lowest BCUT2D eigenvalue weighted by atomic mass is 10.2. The Morgan fingerprint density at radius 3 is 2.54 bits per heavy atom. The van der Waals surface area contributed by atoms with Crippen molar-refractivity contribution in [2.75, 3.05) is 11.3 Å². The second-order valence-electron chi connectivity index (χ2n) is 5.20. The van der Waals surface area contributed by atoms with Crippen LogP contribution in [0.2, 0.25) is 0 Å². The number of hydrogen-bond acceptors (Lipinski definition) is 4. The number of aliphatic carboxylic acids is 1. The molecule has 0 unspecified atom stereocenters. The van der Waals surface area contributed by atoms with E-state index in [1.807, 2.05) is 0 Å². The third-order valence-corrected chi connectivity index (χ3v) is 4.54. The Balaban J connectivity index is 2.27. The molecule has 0 aromatic heterocycles. The van der Waals surface area contributed by atoms with E-state index in [1.54, 1.807) is 13.8 Å². The Labute approximate surface area is 138 Å². The van der Waals surface area contributed by atoms with Crippen LogP contribution in [0, 0.1) is 19.7 Å². The Morgan fingerprint density at radius 1 is 1.21 bits per heavy atom. The largest absolute Gasteiger partial charge is 0.482 e. The normalized spacial score (nSPS) is 11.1. The lowest BCUT2D eigenvalue weighted by Crippen LogP contribution is -2.15. The summed E-state index contributed by atoms with van der Waals surface area (Å²) in [5.74, 6) is -1.55. The number of carbonyl (C=O) groups is 1. The van der Waals surface area contributed by atoms with Crippen molar-refractivity contribution >= 4 is 21.7 Å². The van der Waals surface area contributed by atoms with Gasteiger partial charge in [-0.2, -0.15) is 0 Å². The van der Waals surface area contributed by atoms with Gasteiger partial charge in [-0.1, -0.05) is 6.07 Å². The van der Waals surface area contributed by atoms with Crippen LogP contribution in [0.15, 0.2) is 41.3 Å². The molecule has 2 rings (SSSR count). The third-order valence-electron chi connectivity index (χ3n) is 3.17. The number of sulfonamides is 1. The molecule has 0 bridgehead atoms. The zero-order valence-electron chi connectivity index (χ0n) is 13.0. The Kier molecular flexibility index (Phi) is 5.08. The number of rotatable bonds is 6. The van der Waals surface area contributed by atoms with Gasteiger partial charge in [-0.3, -0.25) is 4.72 Å². The summed E-state index contributed by atoms with van der Waals surface area (Å²) in [7, 11) is -3.99. The maximum absolute atomic E-state index is 13.7. The predicted octanol–water partition coefficient (Wildman–Crippen LogP) is 2.71. The minimum atomic E-state index is -3.99. The summed E-state index contributed by atoms with van der Waals surface area (Å²) in [5, 5.41) is 8.60. The average molecular weight is 353 g/mol. The number of ether oxygens (including phenoxy) is 1. The molecule has 2 aromatic carbocycles. The molecule has 8 heteroatoms. The Bertz CT molecular complexity index is 880. The first-order valence-electron chi connectivity index (χ1n) is 6.93. The van der Waals surface area contributed by atoms with Crippen LogP contribution in [0.1, 0.15) is 11.1 Å². The summed E-state index contributed by atoms with van der Waals surface area (Å²) in [4.78, 5) is 10.4. The summed E-state index contributed by atoms with van der Waals surface area (Å²) in [6, 6.07) is 8.06. The van der Waals surface area contributed by atoms with E-state index < -0.39 is 28.4 Å². The number of aryl methyl sites for hydroxylation is 2. The monoisotopic (exact) mass is 353 g/mol. The van der Waals surface area contributed by atoms with E-state index in [0.29, 0.717) is 11.1 Å². The van der Waals surface area contributed by atoms with Gasteiger partial charge >= 0.3 is 5.97 Å². The van der Waals surface area contributed by atoms with Crippen molar-refractivity contribution in [2.24, 2.45) is 0 Å². The van der Waals surface area contributed by atoms with Crippen LogP contribution in [0.4, 0.5) is 10.1 Å². The molecule has 0 atom stereocenters. The van der Waals surface area contributed by atoms with Gasteiger partial charge in [-0.25, -0.2) is 17.6 Å². The lowest BCUT2D eigenvalue weighted by Gasteiger charge is -2.12. The maximum atomic E-state index is 13.7. The van der Waals surface area contributed by atoms with E-state index in [9.17, 15) is 17.6 Å². The summed E-state index contributed by atoms with van der Waals surface area (Å²) >= 11 is 0. The van der Waals surface area contributed by atoms with Gasteiger partial charge < -0.3 is 9.84 Å². The van der Waals surface area contributed by atoms with Crippen LogP contribution in [-0.2, 0) is 14.8 Å². The SMILES string of the molecule is Cc1ccc(F)c(NS(=O)(=O)c2ccc(OCC(=O)O)c(C)c2)c1. The zero-order valence-corrected chi connectivity index (χ0v) is 13.9. The minimum Gasteiger partial charge on any atom is -0.482 e. The van der Waals surface area contributed by atoms with E-state index in [4.69, 9.17) is 9.84 Å². The number of carboxylic acid groups (broad SMARTS) is 1. The number of nitrogens with one attached hydrogen (secondary N) is 1. The highest BCUT2D eigenvalue weighted by atomic mass is 32.2. The highest BCUT2D eigenvalue weighted by Crippen LogP contribution is 2.25. The molecule has 24 heavy (non-hydrogen) atoms. The lowest BCUT2D eigenvalue weighted by molar-refractivity contribution is -0.139. The molecule has 0 saturated carbocycles. The van der Waals surface area contributed by atoms with Crippen molar-refractivity contribution in [3.8, 4) is 5.75 Å². The Hall–Kier alpha value is -2.61. The number of carboxylic acids is 1. The second-order valence-corrected chi connectivity index (χ2v) is 6.88. The van der Waals surface area contributed by atoms with Crippen LogP contribution in [0.25, 0.3) is 0 Å². The molecular formula is C16H16FNO5S. The predicted molar refractivity (Wildman–Crippen MR) is 86.3 cm³/mol. The number of benzene rings is 2. The molecule has 0 aliphatic rings. The average Bonchev–Trinajstić information content (AvgIpc) is 2.49. The molecule has 0 heterocycles. The van der Waals surface area contributed by atoms with Gasteiger partial charge in [0.25, 0.3) is 10.0 Å². The van der Waals surface area contributed by atoms with Crippen LogP contribution >= 0.6 is 0 Å². The molecule has 2 aromatic rings. The van der Waals surface area contributed by atoms with Gasteiger partial charge in [-0.05, 0) is 55.3 Å². The molecule has 0 amide bonds. The van der Waals surface area contributed by atoms with Crippen LogP contribution in [0.5, 0.6) is 5.75 Å². The molecule has 6 nitrogen and oxygen atoms in total. The third kappa shape index (κ3) is 4.23. The molecule has 128 valence electrons. The summed E-state index contributed by atoms with van der Waals surface area (Å²) < 4.78 is 45.7. The quantitative estimate of drug-likeness (QED) is 0.833. The molecule has 2 N–H and O–H groups in total. The molecule has 0 spiro atoms. The van der Waals surface area contributed by atoms with Gasteiger partial charge in [-0.15, -0.1) is 0 Å². The number of anilines is 1. The summed E-state index contributed by atoms with van der Waals surface area (Å²) in [6.07, 6.45) is 0. The minimum absolute atomic E-state index is 0.0800. The molecule has 0 saturated heterocycles. The van der Waals surface area contributed by atoms with E-state index >= 15 is 0 Å². The van der Waals surface area contributed by atoms with Crippen molar-refractivity contribution in [1.29, 1.82) is 0 Å². The van der Waals surface area contributed by atoms with E-state index in [-0.39, 0.29) is 16.3 Å². The van der Waals surface area contributed by atoms with Crippen molar-refractivity contribution in [3.05, 3.63) is 53.3 Å². The summed E-state index contributed by atoms with van der Waals surface area (Å²) in [5.41, 5.74) is 1.02. The zero-order chi connectivity index (χ0) is 17.9. The van der Waals surface area contributed by atoms with Gasteiger partial charge in [0.2, 0.25) is 0 Å². The highest BCUT2D eigenvalue weighted by molar-refractivity contribution is 7.92. The fraction of sp³-hybridized carbons (Fsp3) is 0.188. The van der Waals surface area contributed by atoms with Gasteiger partial charge in [0.1, 0.15) is 11.6 Å². The topological polar surface area (TPSA) is 92.7 Å². The maximum Gasteiger partial charge on any atom is 0.341 e. The molecule has 0 aliphatic carbocycles. The van der Waals surface area contributed by atoms with Gasteiger partial charge in [0.15, 0.2) is 6.61 Å². The van der Waals surface area contributed by atoms with Gasteiger partial charge in [0.05, 0.1) is 10.6 Å². The number of halogens is 1. The highest BCUT2D eigenvalue weighted by Gasteiger charge is 2.18. The number of hydrogen-bond donors (Lipinski definition) is 2. The molecule has 0 radical (unpaired) electrons. The fourth-order valence-electron chi connectivity index (χ4n) is 2.01. The van der Waals surface area contributed by atoms with Crippen LogP contribution in [0.3, 0.4) is 0 Å². The first-order chi connectivity index (χ1) is 11.2. The molecule has 0 aliphatic heterocycles. The first kappa shape index (κ1) is 17.7.